The van der Waals surface area contributed by atoms with E-state index in [1.807, 2.05) is 0 Å². The highest BCUT2D eigenvalue weighted by atomic mass is 32.1. The summed E-state index contributed by atoms with van der Waals surface area (Å²) in [5, 5.41) is 0.170. The molecule has 0 aromatic carbocycles. The van der Waals surface area contributed by atoms with Crippen molar-refractivity contribution in [3.63, 3.8) is 0 Å². The number of esters is 1. The van der Waals surface area contributed by atoms with Crippen LogP contribution in [-0.2, 0) is 9.53 Å². The monoisotopic (exact) mass is 218 g/mol. The number of ether oxygens (including phenoxy) is 1. The zero-order valence-corrected chi connectivity index (χ0v) is 10.2. The zero-order valence-electron chi connectivity index (χ0n) is 9.29. The predicted octanol–water partition coefficient (Wildman–Crippen LogP) is 3.21. The van der Waals surface area contributed by atoms with E-state index in [0.717, 1.165) is 6.42 Å². The van der Waals surface area contributed by atoms with Gasteiger partial charge < -0.3 is 4.74 Å². The summed E-state index contributed by atoms with van der Waals surface area (Å²) in [5.41, 5.74) is 0. The Bertz CT molecular complexity index is 148. The molecule has 3 heteroatoms. The third kappa shape index (κ3) is 8.42. The Balaban J connectivity index is 3.26. The summed E-state index contributed by atoms with van der Waals surface area (Å²) in [6.07, 6.45) is 7.77. The Kier molecular flexibility index (Phi) is 9.26. The van der Waals surface area contributed by atoms with E-state index in [4.69, 9.17) is 0 Å². The van der Waals surface area contributed by atoms with E-state index in [1.54, 1.807) is 0 Å². The first-order chi connectivity index (χ1) is 6.70. The van der Waals surface area contributed by atoms with Crippen molar-refractivity contribution < 1.29 is 9.53 Å². The number of rotatable bonds is 8. The number of methoxy groups -OCH3 is 1. The molecule has 0 aromatic heterocycles. The summed E-state index contributed by atoms with van der Waals surface area (Å²) >= 11 is 4.35. The fourth-order valence-corrected chi connectivity index (χ4v) is 1.69. The van der Waals surface area contributed by atoms with Crippen LogP contribution in [0.2, 0.25) is 0 Å². The summed E-state index contributed by atoms with van der Waals surface area (Å²) < 4.78 is 4.58. The first kappa shape index (κ1) is 13.8. The molecule has 0 saturated carbocycles. The molecule has 0 saturated heterocycles. The molecule has 0 radical (unpaired) electrons. The van der Waals surface area contributed by atoms with Gasteiger partial charge in [0.25, 0.3) is 0 Å². The van der Waals surface area contributed by atoms with Crippen LogP contribution in [-0.4, -0.2) is 18.3 Å². The summed E-state index contributed by atoms with van der Waals surface area (Å²) in [5.74, 6) is -0.154. The van der Waals surface area contributed by atoms with Crippen LogP contribution in [0.5, 0.6) is 0 Å². The molecule has 2 nitrogen and oxygen atoms in total. The molecule has 0 N–H and O–H groups in total. The van der Waals surface area contributed by atoms with Gasteiger partial charge >= 0.3 is 5.97 Å². The standard InChI is InChI=1S/C11H22O2S/c1-3-4-5-6-7-8-10(14)9-11(12)13-2/h10,14H,3-9H2,1-2H3. The van der Waals surface area contributed by atoms with E-state index >= 15 is 0 Å². The number of hydrogen-bond donors (Lipinski definition) is 1. The normalized spacial score (nSPS) is 12.5. The molecule has 84 valence electrons. The van der Waals surface area contributed by atoms with Crippen molar-refractivity contribution in [2.75, 3.05) is 7.11 Å². The lowest BCUT2D eigenvalue weighted by atomic mass is 10.1. The van der Waals surface area contributed by atoms with E-state index in [-0.39, 0.29) is 11.2 Å². The fraction of sp³-hybridized carbons (Fsp3) is 0.909. The summed E-state index contributed by atoms with van der Waals surface area (Å²) in [4.78, 5) is 10.9. The molecule has 0 aliphatic carbocycles. The van der Waals surface area contributed by atoms with Gasteiger partial charge in [0, 0.05) is 5.25 Å². The highest BCUT2D eigenvalue weighted by molar-refractivity contribution is 7.81. The number of hydrogen-bond acceptors (Lipinski definition) is 3. The molecule has 0 fully saturated rings. The Morgan fingerprint density at radius 3 is 2.50 bits per heavy atom. The van der Waals surface area contributed by atoms with Crippen LogP contribution in [0.25, 0.3) is 0 Å². The van der Waals surface area contributed by atoms with Crippen LogP contribution < -0.4 is 0 Å². The molecular weight excluding hydrogens is 196 g/mol. The van der Waals surface area contributed by atoms with Gasteiger partial charge in [0.2, 0.25) is 0 Å². The van der Waals surface area contributed by atoms with E-state index in [1.165, 1.54) is 39.2 Å². The number of carbonyl (C=O) groups is 1. The highest BCUT2D eigenvalue weighted by Gasteiger charge is 2.08. The van der Waals surface area contributed by atoms with Crippen molar-refractivity contribution in [1.29, 1.82) is 0 Å². The van der Waals surface area contributed by atoms with E-state index in [2.05, 4.69) is 24.3 Å². The van der Waals surface area contributed by atoms with Crippen LogP contribution >= 0.6 is 12.6 Å². The highest BCUT2D eigenvalue weighted by Crippen LogP contribution is 2.13. The Morgan fingerprint density at radius 1 is 1.29 bits per heavy atom. The van der Waals surface area contributed by atoms with Crippen molar-refractivity contribution in [3.8, 4) is 0 Å². The maximum absolute atomic E-state index is 10.9. The summed E-state index contributed by atoms with van der Waals surface area (Å²) in [6.45, 7) is 2.21. The number of unbranched alkanes of at least 4 members (excludes halogenated alkanes) is 4. The Labute approximate surface area is 92.8 Å². The molecule has 0 aliphatic rings. The Hall–Kier alpha value is -0.180. The van der Waals surface area contributed by atoms with Crippen LogP contribution in [0, 0.1) is 0 Å². The second kappa shape index (κ2) is 9.38. The minimum atomic E-state index is -0.154. The SMILES string of the molecule is CCCCCCCC(S)CC(=O)OC. The minimum absolute atomic E-state index is 0.154. The second-order valence-corrected chi connectivity index (χ2v) is 4.37. The second-order valence-electron chi connectivity index (χ2n) is 3.64. The fourth-order valence-electron chi connectivity index (χ4n) is 1.36. The van der Waals surface area contributed by atoms with Crippen molar-refractivity contribution in [3.05, 3.63) is 0 Å². The zero-order chi connectivity index (χ0) is 10.8. The van der Waals surface area contributed by atoms with Gasteiger partial charge in [0.1, 0.15) is 0 Å². The van der Waals surface area contributed by atoms with Gasteiger partial charge in [-0.3, -0.25) is 4.79 Å². The van der Waals surface area contributed by atoms with Gasteiger partial charge in [0.05, 0.1) is 13.5 Å². The van der Waals surface area contributed by atoms with Crippen molar-refractivity contribution in [2.24, 2.45) is 0 Å². The molecule has 1 unspecified atom stereocenters. The minimum Gasteiger partial charge on any atom is -0.469 e. The average Bonchev–Trinajstić information content (AvgIpc) is 2.17. The summed E-state index contributed by atoms with van der Waals surface area (Å²) in [7, 11) is 1.42. The molecule has 0 aliphatic heterocycles. The van der Waals surface area contributed by atoms with E-state index < -0.39 is 0 Å². The van der Waals surface area contributed by atoms with Gasteiger partial charge in [0.15, 0.2) is 0 Å². The molecule has 0 heterocycles. The van der Waals surface area contributed by atoms with E-state index in [0.29, 0.717) is 6.42 Å². The van der Waals surface area contributed by atoms with Gasteiger partial charge in [-0.15, -0.1) is 0 Å². The predicted molar refractivity (Wildman–Crippen MR) is 62.8 cm³/mol. The Morgan fingerprint density at radius 2 is 1.93 bits per heavy atom. The average molecular weight is 218 g/mol. The first-order valence-corrected chi connectivity index (χ1v) is 5.97. The van der Waals surface area contributed by atoms with Crippen LogP contribution in [0.15, 0.2) is 0 Å². The van der Waals surface area contributed by atoms with Crippen LogP contribution in [0.4, 0.5) is 0 Å². The third-order valence-corrected chi connectivity index (χ3v) is 2.71. The van der Waals surface area contributed by atoms with Crippen LogP contribution in [0.3, 0.4) is 0 Å². The maximum atomic E-state index is 10.9. The quantitative estimate of drug-likeness (QED) is 0.385. The lowest BCUT2D eigenvalue weighted by molar-refractivity contribution is -0.140. The van der Waals surface area contributed by atoms with Gasteiger partial charge in [-0.1, -0.05) is 39.0 Å². The molecule has 0 spiro atoms. The van der Waals surface area contributed by atoms with Crippen molar-refractivity contribution in [2.45, 2.75) is 57.1 Å². The maximum Gasteiger partial charge on any atom is 0.306 e. The third-order valence-electron chi connectivity index (χ3n) is 2.27. The van der Waals surface area contributed by atoms with Crippen molar-refractivity contribution in [1.82, 2.24) is 0 Å². The molecule has 0 amide bonds. The number of carbonyl (C=O) groups excluding carboxylic acids is 1. The van der Waals surface area contributed by atoms with E-state index in [9.17, 15) is 4.79 Å². The molecular formula is C11H22O2S. The lowest BCUT2D eigenvalue weighted by Crippen LogP contribution is -2.09. The van der Waals surface area contributed by atoms with Gasteiger partial charge in [-0.25, -0.2) is 0 Å². The lowest BCUT2D eigenvalue weighted by Gasteiger charge is -2.08. The topological polar surface area (TPSA) is 26.3 Å². The smallest absolute Gasteiger partial charge is 0.306 e. The number of thiol groups is 1. The molecule has 1 atom stereocenters. The van der Waals surface area contributed by atoms with Crippen molar-refractivity contribution >= 4 is 18.6 Å². The van der Waals surface area contributed by atoms with Crippen LogP contribution in [0.1, 0.15) is 51.9 Å². The van der Waals surface area contributed by atoms with Gasteiger partial charge in [-0.05, 0) is 6.42 Å². The molecule has 0 rings (SSSR count). The first-order valence-electron chi connectivity index (χ1n) is 5.45. The molecule has 0 bridgehead atoms. The molecule has 0 aromatic rings. The van der Waals surface area contributed by atoms with Gasteiger partial charge in [-0.2, -0.15) is 12.6 Å². The molecule has 14 heavy (non-hydrogen) atoms. The largest absolute Gasteiger partial charge is 0.469 e. The summed E-state index contributed by atoms with van der Waals surface area (Å²) in [6, 6.07) is 0.